The van der Waals surface area contributed by atoms with Gasteiger partial charge in [-0.05, 0) is 25.0 Å². The summed E-state index contributed by atoms with van der Waals surface area (Å²) in [6.45, 7) is 2.18. The van der Waals surface area contributed by atoms with Crippen LogP contribution in [0.2, 0.25) is 0 Å². The number of benzene rings is 1. The number of para-hydroxylation sites is 1. The first-order chi connectivity index (χ1) is 7.31. The van der Waals surface area contributed by atoms with Gasteiger partial charge in [0.2, 0.25) is 0 Å². The molecule has 0 saturated heterocycles. The smallest absolute Gasteiger partial charge is 0.0706 e. The third-order valence-electron chi connectivity index (χ3n) is 2.60. The van der Waals surface area contributed by atoms with Crippen LogP contribution in [0.15, 0.2) is 30.3 Å². The summed E-state index contributed by atoms with van der Waals surface area (Å²) in [5.74, 6) is 0. The Morgan fingerprint density at radius 3 is 2.87 bits per heavy atom. The highest BCUT2D eigenvalue weighted by atomic mass is 14.7. The standard InChI is InChI=1S/C13H16N2/c1-2-3-7-13-11(14)9-10-6-4-5-8-12(10)15-13/h4-6,8-9H,2-3,7,14H2,1H3. The molecule has 78 valence electrons. The average molecular weight is 200 g/mol. The fourth-order valence-electron chi connectivity index (χ4n) is 1.72. The molecule has 0 bridgehead atoms. The summed E-state index contributed by atoms with van der Waals surface area (Å²) < 4.78 is 0. The zero-order valence-corrected chi connectivity index (χ0v) is 9.03. The molecule has 0 aliphatic heterocycles. The lowest BCUT2D eigenvalue weighted by Gasteiger charge is -2.06. The zero-order valence-electron chi connectivity index (χ0n) is 9.03. The van der Waals surface area contributed by atoms with Crippen molar-refractivity contribution in [3.8, 4) is 0 Å². The van der Waals surface area contributed by atoms with E-state index in [1.54, 1.807) is 0 Å². The van der Waals surface area contributed by atoms with Gasteiger partial charge in [-0.25, -0.2) is 0 Å². The van der Waals surface area contributed by atoms with Gasteiger partial charge in [0.05, 0.1) is 16.9 Å². The Labute approximate surface area is 90.1 Å². The molecule has 0 unspecified atom stereocenters. The number of rotatable bonds is 3. The van der Waals surface area contributed by atoms with Crippen LogP contribution in [0, 0.1) is 0 Å². The number of pyridine rings is 1. The van der Waals surface area contributed by atoms with Gasteiger partial charge in [0.15, 0.2) is 0 Å². The molecule has 1 aromatic carbocycles. The van der Waals surface area contributed by atoms with E-state index >= 15 is 0 Å². The molecule has 0 spiro atoms. The van der Waals surface area contributed by atoms with Crippen molar-refractivity contribution < 1.29 is 0 Å². The zero-order chi connectivity index (χ0) is 10.7. The molecule has 2 heteroatoms. The molecular formula is C13H16N2. The molecule has 0 aliphatic rings. The quantitative estimate of drug-likeness (QED) is 0.826. The highest BCUT2D eigenvalue weighted by Crippen LogP contribution is 2.19. The van der Waals surface area contributed by atoms with Crippen molar-refractivity contribution in [2.45, 2.75) is 26.2 Å². The molecule has 0 aliphatic carbocycles. The number of fused-ring (bicyclic) bond motifs is 1. The van der Waals surface area contributed by atoms with Crippen molar-refractivity contribution in [2.24, 2.45) is 0 Å². The van der Waals surface area contributed by atoms with Crippen LogP contribution in [0.4, 0.5) is 5.69 Å². The monoisotopic (exact) mass is 200 g/mol. The van der Waals surface area contributed by atoms with Gasteiger partial charge >= 0.3 is 0 Å². The lowest BCUT2D eigenvalue weighted by molar-refractivity contribution is 0.781. The van der Waals surface area contributed by atoms with Crippen LogP contribution in [-0.4, -0.2) is 4.98 Å². The maximum Gasteiger partial charge on any atom is 0.0706 e. The molecule has 2 N–H and O–H groups in total. The molecule has 1 aromatic heterocycles. The minimum absolute atomic E-state index is 0.821. The van der Waals surface area contributed by atoms with Crippen molar-refractivity contribution in [1.29, 1.82) is 0 Å². The van der Waals surface area contributed by atoms with Gasteiger partial charge in [-0.2, -0.15) is 0 Å². The van der Waals surface area contributed by atoms with Crippen LogP contribution in [0.25, 0.3) is 10.9 Å². The summed E-state index contributed by atoms with van der Waals surface area (Å²) in [4.78, 5) is 4.59. The number of nitrogens with zero attached hydrogens (tertiary/aromatic N) is 1. The summed E-state index contributed by atoms with van der Waals surface area (Å²) in [6.07, 6.45) is 3.30. The Bertz CT molecular complexity index is 463. The van der Waals surface area contributed by atoms with Crippen molar-refractivity contribution in [3.63, 3.8) is 0 Å². The van der Waals surface area contributed by atoms with Gasteiger partial charge in [0, 0.05) is 5.39 Å². The molecule has 0 saturated carbocycles. The van der Waals surface area contributed by atoms with E-state index in [2.05, 4.69) is 11.9 Å². The van der Waals surface area contributed by atoms with Crippen molar-refractivity contribution in [2.75, 3.05) is 5.73 Å². The predicted molar refractivity (Wildman–Crippen MR) is 64.8 cm³/mol. The van der Waals surface area contributed by atoms with E-state index in [0.29, 0.717) is 0 Å². The maximum atomic E-state index is 5.96. The Hall–Kier alpha value is -1.57. The molecular weight excluding hydrogens is 184 g/mol. The Morgan fingerprint density at radius 1 is 1.27 bits per heavy atom. The minimum Gasteiger partial charge on any atom is -0.397 e. The first-order valence-corrected chi connectivity index (χ1v) is 5.45. The number of nitrogen functional groups attached to an aromatic ring is 1. The van der Waals surface area contributed by atoms with Crippen LogP contribution in [0.5, 0.6) is 0 Å². The van der Waals surface area contributed by atoms with Crippen molar-refractivity contribution >= 4 is 16.6 Å². The second-order valence-electron chi connectivity index (χ2n) is 3.82. The van der Waals surface area contributed by atoms with E-state index in [-0.39, 0.29) is 0 Å². The van der Waals surface area contributed by atoms with E-state index < -0.39 is 0 Å². The summed E-state index contributed by atoms with van der Waals surface area (Å²) in [5, 5.41) is 1.12. The van der Waals surface area contributed by atoms with E-state index in [9.17, 15) is 0 Å². The highest BCUT2D eigenvalue weighted by Gasteiger charge is 2.02. The summed E-state index contributed by atoms with van der Waals surface area (Å²) in [5.41, 5.74) is 8.86. The van der Waals surface area contributed by atoms with Crippen LogP contribution in [0.3, 0.4) is 0 Å². The number of hydrogen-bond donors (Lipinski definition) is 1. The molecule has 0 radical (unpaired) electrons. The van der Waals surface area contributed by atoms with E-state index in [0.717, 1.165) is 35.1 Å². The lowest BCUT2D eigenvalue weighted by atomic mass is 10.1. The topological polar surface area (TPSA) is 38.9 Å². The summed E-state index contributed by atoms with van der Waals surface area (Å²) in [7, 11) is 0. The molecule has 2 nitrogen and oxygen atoms in total. The van der Waals surface area contributed by atoms with E-state index in [1.807, 2.05) is 30.3 Å². The number of aromatic nitrogens is 1. The van der Waals surface area contributed by atoms with Gasteiger partial charge in [-0.3, -0.25) is 4.98 Å². The van der Waals surface area contributed by atoms with Crippen LogP contribution in [-0.2, 0) is 6.42 Å². The van der Waals surface area contributed by atoms with Gasteiger partial charge in [0.25, 0.3) is 0 Å². The SMILES string of the molecule is CCCCc1nc2ccccc2cc1N. The average Bonchev–Trinajstić information content (AvgIpc) is 2.26. The van der Waals surface area contributed by atoms with Crippen LogP contribution in [0.1, 0.15) is 25.5 Å². The number of nitrogens with two attached hydrogens (primary N) is 1. The van der Waals surface area contributed by atoms with Crippen molar-refractivity contribution in [3.05, 3.63) is 36.0 Å². The molecule has 2 rings (SSSR count). The first-order valence-electron chi connectivity index (χ1n) is 5.45. The number of hydrogen-bond acceptors (Lipinski definition) is 2. The van der Waals surface area contributed by atoms with Gasteiger partial charge in [0.1, 0.15) is 0 Å². The molecule has 0 atom stereocenters. The Kier molecular flexibility index (Phi) is 2.86. The highest BCUT2D eigenvalue weighted by molar-refractivity contribution is 5.82. The second kappa shape index (κ2) is 4.30. The molecule has 0 fully saturated rings. The summed E-state index contributed by atoms with van der Waals surface area (Å²) >= 11 is 0. The Balaban J connectivity index is 2.43. The third kappa shape index (κ3) is 2.09. The molecule has 15 heavy (non-hydrogen) atoms. The fourth-order valence-corrected chi connectivity index (χ4v) is 1.72. The normalized spacial score (nSPS) is 10.7. The van der Waals surface area contributed by atoms with Crippen LogP contribution < -0.4 is 5.73 Å². The number of anilines is 1. The van der Waals surface area contributed by atoms with E-state index in [1.165, 1.54) is 6.42 Å². The first kappa shape index (κ1) is 9.97. The molecule has 2 aromatic rings. The predicted octanol–water partition coefficient (Wildman–Crippen LogP) is 3.16. The lowest BCUT2D eigenvalue weighted by Crippen LogP contribution is -1.98. The van der Waals surface area contributed by atoms with Crippen LogP contribution >= 0.6 is 0 Å². The largest absolute Gasteiger partial charge is 0.397 e. The molecule has 0 amide bonds. The second-order valence-corrected chi connectivity index (χ2v) is 3.82. The fraction of sp³-hybridized carbons (Fsp3) is 0.308. The molecule has 1 heterocycles. The minimum atomic E-state index is 0.821. The number of unbranched alkanes of at least 4 members (excludes halogenated alkanes) is 1. The Morgan fingerprint density at radius 2 is 2.07 bits per heavy atom. The van der Waals surface area contributed by atoms with Crippen molar-refractivity contribution in [1.82, 2.24) is 4.98 Å². The maximum absolute atomic E-state index is 5.96. The summed E-state index contributed by atoms with van der Waals surface area (Å²) in [6, 6.07) is 10.1. The van der Waals surface area contributed by atoms with Gasteiger partial charge in [-0.1, -0.05) is 31.5 Å². The van der Waals surface area contributed by atoms with E-state index in [4.69, 9.17) is 5.73 Å². The van der Waals surface area contributed by atoms with Gasteiger partial charge in [-0.15, -0.1) is 0 Å². The number of aryl methyl sites for hydroxylation is 1. The van der Waals surface area contributed by atoms with Gasteiger partial charge < -0.3 is 5.73 Å². The third-order valence-corrected chi connectivity index (χ3v) is 2.60.